The summed E-state index contributed by atoms with van der Waals surface area (Å²) in [6.07, 6.45) is 5.08. The Balaban J connectivity index is 2.33. The Kier molecular flexibility index (Phi) is 1.90. The molecular weight excluding hydrogens is 166 g/mol. The van der Waals surface area contributed by atoms with E-state index in [2.05, 4.69) is 4.98 Å². The summed E-state index contributed by atoms with van der Waals surface area (Å²) in [6.45, 7) is 0. The first-order chi connectivity index (χ1) is 6.29. The Bertz CT molecular complexity index is 377. The van der Waals surface area contributed by atoms with Gasteiger partial charge in [0, 0.05) is 7.05 Å². The van der Waals surface area contributed by atoms with Gasteiger partial charge < -0.3 is 14.7 Å². The summed E-state index contributed by atoms with van der Waals surface area (Å²) in [7, 11) is 1.91. The van der Waals surface area contributed by atoms with Crippen LogP contribution in [-0.2, 0) is 7.05 Å². The summed E-state index contributed by atoms with van der Waals surface area (Å²) in [5, 5.41) is 0. The van der Waals surface area contributed by atoms with Gasteiger partial charge in [0.2, 0.25) is 0 Å². The third-order valence-electron chi connectivity index (χ3n) is 2.02. The van der Waals surface area contributed by atoms with Crippen LogP contribution in [0.3, 0.4) is 0 Å². The van der Waals surface area contributed by atoms with Gasteiger partial charge in [0.1, 0.15) is 11.8 Å². The molecule has 2 N–H and O–H groups in total. The van der Waals surface area contributed by atoms with Gasteiger partial charge in [-0.2, -0.15) is 0 Å². The fourth-order valence-electron chi connectivity index (χ4n) is 1.28. The summed E-state index contributed by atoms with van der Waals surface area (Å²) in [5.41, 5.74) is 6.89. The SMILES string of the molecule is Cn1cncc1C(N)c1ccco1. The van der Waals surface area contributed by atoms with Gasteiger partial charge in [-0.05, 0) is 12.1 Å². The summed E-state index contributed by atoms with van der Waals surface area (Å²) in [6, 6.07) is 3.45. The van der Waals surface area contributed by atoms with Crippen LogP contribution in [0.1, 0.15) is 17.5 Å². The molecule has 0 radical (unpaired) electrons. The van der Waals surface area contributed by atoms with Crippen LogP contribution in [0.15, 0.2) is 35.3 Å². The molecule has 0 bridgehead atoms. The lowest BCUT2D eigenvalue weighted by Crippen LogP contribution is -2.14. The van der Waals surface area contributed by atoms with Crippen LogP contribution in [0, 0.1) is 0 Å². The molecule has 0 saturated heterocycles. The second kappa shape index (κ2) is 3.06. The number of nitrogens with two attached hydrogens (primary N) is 1. The second-order valence-electron chi connectivity index (χ2n) is 2.92. The fourth-order valence-corrected chi connectivity index (χ4v) is 1.28. The topological polar surface area (TPSA) is 57.0 Å². The molecule has 0 spiro atoms. The molecule has 2 aromatic heterocycles. The summed E-state index contributed by atoms with van der Waals surface area (Å²) < 4.78 is 7.09. The molecule has 0 aliphatic carbocycles. The maximum atomic E-state index is 5.95. The standard InChI is InChI=1S/C9H11N3O/c1-12-6-11-5-7(12)9(10)8-3-2-4-13-8/h2-6,9H,10H2,1H3. The molecule has 0 aromatic carbocycles. The summed E-state index contributed by atoms with van der Waals surface area (Å²) in [5.74, 6) is 0.753. The number of hydrogen-bond donors (Lipinski definition) is 1. The van der Waals surface area contributed by atoms with Crippen LogP contribution in [-0.4, -0.2) is 9.55 Å². The quantitative estimate of drug-likeness (QED) is 0.746. The van der Waals surface area contributed by atoms with E-state index in [1.54, 1.807) is 18.8 Å². The van der Waals surface area contributed by atoms with Gasteiger partial charge in [0.15, 0.2) is 0 Å². The van der Waals surface area contributed by atoms with E-state index in [0.717, 1.165) is 11.5 Å². The zero-order valence-corrected chi connectivity index (χ0v) is 7.34. The lowest BCUT2D eigenvalue weighted by Gasteiger charge is -2.08. The van der Waals surface area contributed by atoms with E-state index in [-0.39, 0.29) is 6.04 Å². The molecule has 1 atom stereocenters. The molecule has 2 rings (SSSR count). The molecule has 68 valence electrons. The molecular formula is C9H11N3O. The van der Waals surface area contributed by atoms with Gasteiger partial charge in [-0.25, -0.2) is 4.98 Å². The first-order valence-electron chi connectivity index (χ1n) is 4.04. The Hall–Kier alpha value is -1.55. The fraction of sp³-hybridized carbons (Fsp3) is 0.222. The number of rotatable bonds is 2. The van der Waals surface area contributed by atoms with Crippen molar-refractivity contribution < 1.29 is 4.42 Å². The smallest absolute Gasteiger partial charge is 0.126 e. The van der Waals surface area contributed by atoms with Crippen molar-refractivity contribution >= 4 is 0 Å². The first kappa shape index (κ1) is 8.07. The molecule has 13 heavy (non-hydrogen) atoms. The van der Waals surface area contributed by atoms with Crippen LogP contribution in [0.5, 0.6) is 0 Å². The molecule has 0 saturated carbocycles. The van der Waals surface area contributed by atoms with E-state index >= 15 is 0 Å². The van der Waals surface area contributed by atoms with Crippen LogP contribution >= 0.6 is 0 Å². The Labute approximate surface area is 76.0 Å². The van der Waals surface area contributed by atoms with E-state index in [0.29, 0.717) is 0 Å². The van der Waals surface area contributed by atoms with Crippen molar-refractivity contribution in [3.63, 3.8) is 0 Å². The highest BCUT2D eigenvalue weighted by Gasteiger charge is 2.14. The highest BCUT2D eigenvalue weighted by atomic mass is 16.3. The minimum atomic E-state index is -0.234. The average Bonchev–Trinajstić information content (AvgIpc) is 2.72. The van der Waals surface area contributed by atoms with Crippen molar-refractivity contribution in [3.8, 4) is 0 Å². The van der Waals surface area contributed by atoms with Gasteiger partial charge in [0.25, 0.3) is 0 Å². The van der Waals surface area contributed by atoms with E-state index in [9.17, 15) is 0 Å². The van der Waals surface area contributed by atoms with Crippen molar-refractivity contribution in [1.82, 2.24) is 9.55 Å². The third-order valence-corrected chi connectivity index (χ3v) is 2.02. The highest BCUT2D eigenvalue weighted by Crippen LogP contribution is 2.18. The predicted molar refractivity (Wildman–Crippen MR) is 47.9 cm³/mol. The number of imidazole rings is 1. The van der Waals surface area contributed by atoms with Crippen LogP contribution < -0.4 is 5.73 Å². The Morgan fingerprint density at radius 2 is 2.46 bits per heavy atom. The van der Waals surface area contributed by atoms with Crippen molar-refractivity contribution in [3.05, 3.63) is 42.4 Å². The van der Waals surface area contributed by atoms with Gasteiger partial charge in [-0.15, -0.1) is 0 Å². The molecule has 0 amide bonds. The van der Waals surface area contributed by atoms with Crippen molar-refractivity contribution in [2.75, 3.05) is 0 Å². The summed E-state index contributed by atoms with van der Waals surface area (Å²) >= 11 is 0. The lowest BCUT2D eigenvalue weighted by atomic mass is 10.2. The largest absolute Gasteiger partial charge is 0.467 e. The van der Waals surface area contributed by atoms with E-state index in [1.165, 1.54) is 0 Å². The lowest BCUT2D eigenvalue weighted by molar-refractivity contribution is 0.482. The number of nitrogens with zero attached hydrogens (tertiary/aromatic N) is 2. The average molecular weight is 177 g/mol. The first-order valence-corrected chi connectivity index (χ1v) is 4.04. The van der Waals surface area contributed by atoms with Crippen LogP contribution in [0.25, 0.3) is 0 Å². The van der Waals surface area contributed by atoms with E-state index < -0.39 is 0 Å². The van der Waals surface area contributed by atoms with Crippen molar-refractivity contribution in [2.45, 2.75) is 6.04 Å². The molecule has 4 heteroatoms. The minimum Gasteiger partial charge on any atom is -0.467 e. The third kappa shape index (κ3) is 1.36. The number of aromatic nitrogens is 2. The van der Waals surface area contributed by atoms with Gasteiger partial charge in [0.05, 0.1) is 24.5 Å². The van der Waals surface area contributed by atoms with Gasteiger partial charge in [-0.3, -0.25) is 0 Å². The van der Waals surface area contributed by atoms with Crippen molar-refractivity contribution in [2.24, 2.45) is 12.8 Å². The molecule has 0 aliphatic rings. The van der Waals surface area contributed by atoms with Gasteiger partial charge >= 0.3 is 0 Å². The van der Waals surface area contributed by atoms with Crippen molar-refractivity contribution in [1.29, 1.82) is 0 Å². The molecule has 1 unspecified atom stereocenters. The van der Waals surface area contributed by atoms with Crippen LogP contribution in [0.2, 0.25) is 0 Å². The second-order valence-corrected chi connectivity index (χ2v) is 2.92. The molecule has 2 aromatic rings. The normalized spacial score (nSPS) is 13.1. The number of hydrogen-bond acceptors (Lipinski definition) is 3. The highest BCUT2D eigenvalue weighted by molar-refractivity contribution is 5.17. The molecule has 0 fully saturated rings. The molecule has 0 aliphatic heterocycles. The zero-order chi connectivity index (χ0) is 9.26. The zero-order valence-electron chi connectivity index (χ0n) is 7.34. The maximum absolute atomic E-state index is 5.95. The number of aryl methyl sites for hydroxylation is 1. The van der Waals surface area contributed by atoms with Crippen LogP contribution in [0.4, 0.5) is 0 Å². The minimum absolute atomic E-state index is 0.234. The molecule has 2 heterocycles. The van der Waals surface area contributed by atoms with E-state index in [1.807, 2.05) is 23.7 Å². The Morgan fingerprint density at radius 3 is 3.00 bits per heavy atom. The summed E-state index contributed by atoms with van der Waals surface area (Å²) in [4.78, 5) is 3.99. The number of furan rings is 1. The van der Waals surface area contributed by atoms with E-state index in [4.69, 9.17) is 10.2 Å². The predicted octanol–water partition coefficient (Wildman–Crippen LogP) is 1.06. The monoisotopic (exact) mass is 177 g/mol. The Morgan fingerprint density at radius 1 is 1.62 bits per heavy atom. The maximum Gasteiger partial charge on any atom is 0.126 e. The van der Waals surface area contributed by atoms with Gasteiger partial charge in [-0.1, -0.05) is 0 Å². The molecule has 4 nitrogen and oxygen atoms in total.